The van der Waals surface area contributed by atoms with Gasteiger partial charge in [-0.05, 0) is 25.0 Å². The minimum Gasteiger partial charge on any atom is -0.756 e. The van der Waals surface area contributed by atoms with E-state index < -0.39 is 26.5 Å². The van der Waals surface area contributed by atoms with E-state index in [4.69, 9.17) is 9.26 Å². The van der Waals surface area contributed by atoms with Crippen molar-refractivity contribution in [2.45, 2.75) is 77.2 Å². The van der Waals surface area contributed by atoms with E-state index in [1.165, 1.54) is 37.4 Å². The molecule has 0 aliphatic carbocycles. The van der Waals surface area contributed by atoms with Crippen LogP contribution in [0, 0.1) is 11.8 Å². The third-order valence-corrected chi connectivity index (χ3v) is 6.70. The topological polar surface area (TPSA) is 105 Å². The quantitative estimate of drug-likeness (QED) is 0.0797. The number of hydrogen-bond acceptors (Lipinski definition) is 8. The molecule has 0 fully saturated rings. The lowest BCUT2D eigenvalue weighted by molar-refractivity contribution is -0.870. The molecular formula is C24H46NO7PS. The summed E-state index contributed by atoms with van der Waals surface area (Å²) in [5, 5.41) is 9.77. The number of likely N-dealkylation sites (N-methyl/N-ethyl adjacent to an activating group) is 1. The summed E-state index contributed by atoms with van der Waals surface area (Å²) in [6.07, 6.45) is 10.2. The van der Waals surface area contributed by atoms with Crippen LogP contribution >= 0.6 is 19.6 Å². The Kier molecular flexibility index (Phi) is 20.2. The Morgan fingerprint density at radius 2 is 1.62 bits per heavy atom. The molecule has 0 aromatic heterocycles. The van der Waals surface area contributed by atoms with Crippen molar-refractivity contribution in [1.82, 2.24) is 0 Å². The van der Waals surface area contributed by atoms with Gasteiger partial charge in [-0.1, -0.05) is 39.0 Å². The molecule has 34 heavy (non-hydrogen) atoms. The number of carbonyl (C=O) groups is 1. The molecule has 0 heterocycles. The number of phosphoric ester groups is 1. The molecule has 2 atom stereocenters. The first-order valence-electron chi connectivity index (χ1n) is 12.3. The van der Waals surface area contributed by atoms with E-state index in [1.807, 2.05) is 21.1 Å². The average molecular weight is 524 g/mol. The fourth-order valence-electron chi connectivity index (χ4n) is 2.66. The second kappa shape index (κ2) is 20.6. The second-order valence-corrected chi connectivity index (χ2v) is 11.8. The van der Waals surface area contributed by atoms with Crippen molar-refractivity contribution in [2.75, 3.05) is 59.0 Å². The first-order chi connectivity index (χ1) is 16.1. The van der Waals surface area contributed by atoms with Crippen LogP contribution < -0.4 is 4.89 Å². The molecule has 0 aliphatic rings. The number of ether oxygens (including phenoxy) is 1. The predicted molar refractivity (Wildman–Crippen MR) is 136 cm³/mol. The summed E-state index contributed by atoms with van der Waals surface area (Å²) in [5.41, 5.74) is 0. The van der Waals surface area contributed by atoms with Crippen LogP contribution in [0.15, 0.2) is 0 Å². The molecule has 10 heteroatoms. The SMILES string of the molecule is CCCCCCC#CCCCCCCSCC(=O)OC[C@@H](O)COP(=O)([O-])OCC[N+](C)(C)C. The Bertz CT molecular complexity index is 631. The second-order valence-electron chi connectivity index (χ2n) is 9.31. The summed E-state index contributed by atoms with van der Waals surface area (Å²) in [5.74, 6) is 7.12. The number of aliphatic hydroxyl groups excluding tert-OH is 1. The van der Waals surface area contributed by atoms with Crippen molar-refractivity contribution in [3.05, 3.63) is 0 Å². The van der Waals surface area contributed by atoms with Crippen molar-refractivity contribution < 1.29 is 37.6 Å². The third-order valence-electron chi connectivity index (χ3n) is 4.71. The van der Waals surface area contributed by atoms with E-state index in [1.54, 1.807) is 0 Å². The van der Waals surface area contributed by atoms with Gasteiger partial charge in [0.05, 0.1) is 33.5 Å². The summed E-state index contributed by atoms with van der Waals surface area (Å²) >= 11 is 1.49. The lowest BCUT2D eigenvalue weighted by atomic mass is 10.1. The van der Waals surface area contributed by atoms with E-state index in [0.717, 1.165) is 44.3 Å². The van der Waals surface area contributed by atoms with Crippen LogP contribution in [0.5, 0.6) is 0 Å². The number of quaternary nitrogens is 1. The van der Waals surface area contributed by atoms with Crippen molar-refractivity contribution in [3.8, 4) is 11.8 Å². The van der Waals surface area contributed by atoms with Crippen molar-refractivity contribution in [3.63, 3.8) is 0 Å². The Balaban J connectivity index is 3.62. The zero-order valence-electron chi connectivity index (χ0n) is 21.6. The van der Waals surface area contributed by atoms with Crippen LogP contribution in [0.3, 0.4) is 0 Å². The predicted octanol–water partition coefficient (Wildman–Crippen LogP) is 3.76. The molecule has 8 nitrogen and oxygen atoms in total. The molecule has 200 valence electrons. The Labute approximate surface area is 211 Å². The van der Waals surface area contributed by atoms with E-state index in [0.29, 0.717) is 11.0 Å². The van der Waals surface area contributed by atoms with Gasteiger partial charge in [0, 0.05) is 12.8 Å². The summed E-state index contributed by atoms with van der Waals surface area (Å²) in [6.45, 7) is 1.85. The maximum absolute atomic E-state index is 11.7. The van der Waals surface area contributed by atoms with E-state index in [9.17, 15) is 19.4 Å². The highest BCUT2D eigenvalue weighted by atomic mass is 32.2. The number of carbonyl (C=O) groups excluding carboxylic acids is 1. The smallest absolute Gasteiger partial charge is 0.315 e. The molecule has 0 spiro atoms. The van der Waals surface area contributed by atoms with Crippen LogP contribution in [0.2, 0.25) is 0 Å². The van der Waals surface area contributed by atoms with Crippen LogP contribution in [0.25, 0.3) is 0 Å². The minimum absolute atomic E-state index is 0.0140. The zero-order valence-corrected chi connectivity index (χ0v) is 23.3. The molecular weight excluding hydrogens is 477 g/mol. The molecule has 0 saturated heterocycles. The number of aliphatic hydroxyl groups is 1. The van der Waals surface area contributed by atoms with Gasteiger partial charge in [0.2, 0.25) is 0 Å². The fraction of sp³-hybridized carbons (Fsp3) is 0.875. The Morgan fingerprint density at radius 1 is 1.00 bits per heavy atom. The van der Waals surface area contributed by atoms with Gasteiger partial charge >= 0.3 is 5.97 Å². The first-order valence-corrected chi connectivity index (χ1v) is 14.9. The molecule has 0 aromatic carbocycles. The minimum atomic E-state index is -4.50. The average Bonchev–Trinajstić information content (AvgIpc) is 2.75. The Hall–Kier alpha value is -0.590. The molecule has 1 N–H and O–H groups in total. The van der Waals surface area contributed by atoms with Crippen molar-refractivity contribution in [1.29, 1.82) is 0 Å². The van der Waals surface area contributed by atoms with Gasteiger partial charge in [0.25, 0.3) is 7.82 Å². The van der Waals surface area contributed by atoms with E-state index in [2.05, 4.69) is 23.3 Å². The van der Waals surface area contributed by atoms with Crippen LogP contribution in [-0.2, 0) is 23.1 Å². The molecule has 0 rings (SSSR count). The number of esters is 1. The van der Waals surface area contributed by atoms with Crippen LogP contribution in [0.4, 0.5) is 0 Å². The number of unbranched alkanes of at least 4 members (excludes halogenated alkanes) is 8. The molecule has 0 saturated carbocycles. The third kappa shape index (κ3) is 24.5. The molecule has 0 bridgehead atoms. The molecule has 0 amide bonds. The lowest BCUT2D eigenvalue weighted by Gasteiger charge is -2.27. The summed E-state index contributed by atoms with van der Waals surface area (Å²) in [7, 11) is 1.23. The molecule has 0 radical (unpaired) electrons. The molecule has 0 aliphatic heterocycles. The lowest BCUT2D eigenvalue weighted by Crippen LogP contribution is -2.37. The highest BCUT2D eigenvalue weighted by Gasteiger charge is 2.16. The first kappa shape index (κ1) is 33.4. The maximum atomic E-state index is 11.7. The number of phosphoric acid groups is 1. The van der Waals surface area contributed by atoms with Gasteiger partial charge < -0.3 is 28.3 Å². The number of thioether (sulfide) groups is 1. The van der Waals surface area contributed by atoms with E-state index >= 15 is 0 Å². The zero-order chi connectivity index (χ0) is 25.7. The summed E-state index contributed by atoms with van der Waals surface area (Å²) in [6, 6.07) is 0. The number of rotatable bonds is 21. The standard InChI is InChI=1S/C24H46NO7PS/c1-5-6-7-8-9-10-11-12-13-14-15-16-19-34-22-24(27)30-20-23(26)21-32-33(28,29)31-18-17-25(2,3)4/h23,26H,5-9,12-22H2,1-4H3/t23-/m1/s1. The van der Waals surface area contributed by atoms with Gasteiger partial charge in [-0.3, -0.25) is 9.36 Å². The molecule has 0 aromatic rings. The fourth-order valence-corrected chi connectivity index (χ4v) is 4.20. The number of nitrogens with zero attached hydrogens (tertiary/aromatic N) is 1. The largest absolute Gasteiger partial charge is 0.756 e. The van der Waals surface area contributed by atoms with Gasteiger partial charge in [-0.2, -0.15) is 11.8 Å². The van der Waals surface area contributed by atoms with E-state index in [-0.39, 0.29) is 19.0 Å². The van der Waals surface area contributed by atoms with Gasteiger partial charge in [0.1, 0.15) is 25.9 Å². The van der Waals surface area contributed by atoms with Crippen LogP contribution in [-0.4, -0.2) is 80.7 Å². The van der Waals surface area contributed by atoms with Gasteiger partial charge in [-0.15, -0.1) is 11.8 Å². The highest BCUT2D eigenvalue weighted by molar-refractivity contribution is 7.99. The normalized spacial score (nSPS) is 14.2. The van der Waals surface area contributed by atoms with Gasteiger partial charge in [0.15, 0.2) is 0 Å². The number of hydrogen-bond donors (Lipinski definition) is 1. The summed E-state index contributed by atoms with van der Waals surface area (Å²) < 4.78 is 26.6. The highest BCUT2D eigenvalue weighted by Crippen LogP contribution is 2.38. The van der Waals surface area contributed by atoms with Crippen molar-refractivity contribution in [2.24, 2.45) is 0 Å². The molecule has 1 unspecified atom stereocenters. The van der Waals surface area contributed by atoms with Gasteiger partial charge in [-0.25, -0.2) is 0 Å². The van der Waals surface area contributed by atoms with Crippen molar-refractivity contribution >= 4 is 25.6 Å². The van der Waals surface area contributed by atoms with Crippen LogP contribution in [0.1, 0.15) is 71.1 Å². The monoisotopic (exact) mass is 523 g/mol. The Morgan fingerprint density at radius 3 is 2.24 bits per heavy atom. The maximum Gasteiger partial charge on any atom is 0.315 e. The summed E-state index contributed by atoms with van der Waals surface area (Å²) in [4.78, 5) is 23.4.